The Morgan fingerprint density at radius 3 is 2.87 bits per heavy atom. The SMILES string of the molecule is N#Cc1ncn(Cc2ccccc2Cl)n1. The van der Waals surface area contributed by atoms with E-state index in [1.165, 1.54) is 6.33 Å². The maximum Gasteiger partial charge on any atom is 0.252 e. The van der Waals surface area contributed by atoms with Crippen molar-refractivity contribution < 1.29 is 0 Å². The quantitative estimate of drug-likeness (QED) is 0.773. The maximum atomic E-state index is 8.56. The van der Waals surface area contributed by atoms with Gasteiger partial charge in [0, 0.05) is 5.02 Å². The zero-order valence-corrected chi connectivity index (χ0v) is 8.52. The first-order chi connectivity index (χ1) is 7.29. The first kappa shape index (κ1) is 9.69. The van der Waals surface area contributed by atoms with Crippen molar-refractivity contribution in [2.75, 3.05) is 0 Å². The molecule has 0 fully saturated rings. The van der Waals surface area contributed by atoms with Gasteiger partial charge in [0.1, 0.15) is 12.4 Å². The summed E-state index contributed by atoms with van der Waals surface area (Å²) in [5.41, 5.74) is 0.952. The molecule has 0 saturated carbocycles. The minimum Gasteiger partial charge on any atom is -0.247 e. The Morgan fingerprint density at radius 1 is 1.40 bits per heavy atom. The summed E-state index contributed by atoms with van der Waals surface area (Å²) in [6.45, 7) is 0.522. The predicted molar refractivity (Wildman–Crippen MR) is 55.3 cm³/mol. The number of rotatable bonds is 2. The number of nitriles is 1. The van der Waals surface area contributed by atoms with Crippen LogP contribution >= 0.6 is 11.6 Å². The van der Waals surface area contributed by atoms with Gasteiger partial charge in [-0.1, -0.05) is 29.8 Å². The average molecular weight is 219 g/mol. The predicted octanol–water partition coefficient (Wildman–Crippen LogP) is 1.85. The largest absolute Gasteiger partial charge is 0.252 e. The molecule has 0 spiro atoms. The Balaban J connectivity index is 2.23. The minimum atomic E-state index is 0.169. The molecule has 5 heteroatoms. The van der Waals surface area contributed by atoms with E-state index in [2.05, 4.69) is 10.1 Å². The molecule has 1 heterocycles. The molecule has 0 saturated heterocycles. The van der Waals surface area contributed by atoms with Crippen molar-refractivity contribution in [3.63, 3.8) is 0 Å². The Hall–Kier alpha value is -1.86. The molecule has 0 atom stereocenters. The van der Waals surface area contributed by atoms with Crippen LogP contribution in [0, 0.1) is 11.3 Å². The van der Waals surface area contributed by atoms with Gasteiger partial charge in [0.15, 0.2) is 0 Å². The summed E-state index contributed by atoms with van der Waals surface area (Å²) in [6, 6.07) is 9.38. The molecule has 0 unspecified atom stereocenters. The molecule has 2 rings (SSSR count). The molecule has 1 aromatic heterocycles. The van der Waals surface area contributed by atoms with E-state index in [4.69, 9.17) is 16.9 Å². The fourth-order valence-corrected chi connectivity index (χ4v) is 1.42. The van der Waals surface area contributed by atoms with Gasteiger partial charge < -0.3 is 0 Å². The monoisotopic (exact) mass is 218 g/mol. The van der Waals surface area contributed by atoms with E-state index in [9.17, 15) is 0 Å². The normalized spacial score (nSPS) is 9.87. The number of benzene rings is 1. The Morgan fingerprint density at radius 2 is 2.20 bits per heavy atom. The Labute approximate surface area is 91.7 Å². The van der Waals surface area contributed by atoms with E-state index in [-0.39, 0.29) is 5.82 Å². The van der Waals surface area contributed by atoms with Crippen molar-refractivity contribution in [3.8, 4) is 6.07 Å². The molecule has 15 heavy (non-hydrogen) atoms. The number of hydrogen-bond acceptors (Lipinski definition) is 3. The first-order valence-electron chi connectivity index (χ1n) is 4.32. The highest BCUT2D eigenvalue weighted by Gasteiger charge is 2.02. The number of aromatic nitrogens is 3. The topological polar surface area (TPSA) is 54.5 Å². The van der Waals surface area contributed by atoms with E-state index in [0.717, 1.165) is 5.56 Å². The van der Waals surface area contributed by atoms with Crippen molar-refractivity contribution in [3.05, 3.63) is 47.0 Å². The molecule has 0 aliphatic carbocycles. The van der Waals surface area contributed by atoms with Gasteiger partial charge in [-0.3, -0.25) is 0 Å². The molecule has 0 bridgehead atoms. The zero-order valence-electron chi connectivity index (χ0n) is 7.76. The molecule has 0 radical (unpaired) electrons. The van der Waals surface area contributed by atoms with Crippen LogP contribution in [0.4, 0.5) is 0 Å². The molecule has 74 valence electrons. The Kier molecular flexibility index (Phi) is 2.66. The van der Waals surface area contributed by atoms with Crippen LogP contribution in [-0.2, 0) is 6.54 Å². The lowest BCUT2D eigenvalue weighted by Crippen LogP contribution is -2.00. The molecular weight excluding hydrogens is 212 g/mol. The highest BCUT2D eigenvalue weighted by atomic mass is 35.5. The lowest BCUT2D eigenvalue weighted by atomic mass is 10.2. The van der Waals surface area contributed by atoms with Crippen LogP contribution in [0.15, 0.2) is 30.6 Å². The molecule has 0 N–H and O–H groups in total. The van der Waals surface area contributed by atoms with Gasteiger partial charge >= 0.3 is 0 Å². The maximum absolute atomic E-state index is 8.56. The van der Waals surface area contributed by atoms with Crippen molar-refractivity contribution in [2.24, 2.45) is 0 Å². The second-order valence-electron chi connectivity index (χ2n) is 2.97. The van der Waals surface area contributed by atoms with Gasteiger partial charge in [-0.05, 0) is 11.6 Å². The summed E-state index contributed by atoms with van der Waals surface area (Å²) in [5, 5.41) is 13.2. The number of nitrogens with zero attached hydrogens (tertiary/aromatic N) is 4. The van der Waals surface area contributed by atoms with Crippen LogP contribution in [-0.4, -0.2) is 14.8 Å². The summed E-state index contributed by atoms with van der Waals surface area (Å²) in [4.78, 5) is 3.81. The van der Waals surface area contributed by atoms with E-state index in [1.807, 2.05) is 30.3 Å². The van der Waals surface area contributed by atoms with E-state index in [1.54, 1.807) is 4.68 Å². The lowest BCUT2D eigenvalue weighted by molar-refractivity contribution is 0.682. The number of hydrogen-bond donors (Lipinski definition) is 0. The first-order valence-corrected chi connectivity index (χ1v) is 4.70. The van der Waals surface area contributed by atoms with Gasteiger partial charge in [0.25, 0.3) is 5.82 Å². The second-order valence-corrected chi connectivity index (χ2v) is 3.38. The third kappa shape index (κ3) is 2.14. The van der Waals surface area contributed by atoms with Crippen LogP contribution in [0.1, 0.15) is 11.4 Å². The second kappa shape index (κ2) is 4.11. The third-order valence-corrected chi connectivity index (χ3v) is 2.30. The van der Waals surface area contributed by atoms with E-state index >= 15 is 0 Å². The molecule has 0 aliphatic rings. The molecular formula is C10H7ClN4. The van der Waals surface area contributed by atoms with Gasteiger partial charge in [-0.15, -0.1) is 5.10 Å². The lowest BCUT2D eigenvalue weighted by Gasteiger charge is -2.02. The molecule has 1 aromatic carbocycles. The minimum absolute atomic E-state index is 0.169. The van der Waals surface area contributed by atoms with E-state index < -0.39 is 0 Å². The summed E-state index contributed by atoms with van der Waals surface area (Å²) in [5.74, 6) is 0.169. The highest BCUT2D eigenvalue weighted by Crippen LogP contribution is 2.15. The Bertz CT molecular complexity index is 512. The molecule has 2 aromatic rings. The van der Waals surface area contributed by atoms with Gasteiger partial charge in [0.2, 0.25) is 0 Å². The van der Waals surface area contributed by atoms with Crippen molar-refractivity contribution in [2.45, 2.75) is 6.54 Å². The van der Waals surface area contributed by atoms with Gasteiger partial charge in [0.05, 0.1) is 6.54 Å². The third-order valence-electron chi connectivity index (χ3n) is 1.93. The standard InChI is InChI=1S/C10H7ClN4/c11-9-4-2-1-3-8(9)6-15-7-13-10(5-12)14-15/h1-4,7H,6H2. The summed E-state index contributed by atoms with van der Waals surface area (Å²) in [6.07, 6.45) is 1.52. The van der Waals surface area contributed by atoms with Crippen LogP contribution in [0.3, 0.4) is 0 Å². The molecule has 0 amide bonds. The summed E-state index contributed by atoms with van der Waals surface area (Å²) in [7, 11) is 0. The number of halogens is 1. The van der Waals surface area contributed by atoms with Crippen LogP contribution in [0.25, 0.3) is 0 Å². The van der Waals surface area contributed by atoms with E-state index in [0.29, 0.717) is 11.6 Å². The summed E-state index contributed by atoms with van der Waals surface area (Å²) < 4.78 is 1.58. The average Bonchev–Trinajstić information content (AvgIpc) is 2.69. The van der Waals surface area contributed by atoms with Gasteiger partial charge in [-0.2, -0.15) is 5.26 Å². The molecule has 4 nitrogen and oxygen atoms in total. The van der Waals surface area contributed by atoms with Crippen molar-refractivity contribution >= 4 is 11.6 Å². The fraction of sp³-hybridized carbons (Fsp3) is 0.100. The fourth-order valence-electron chi connectivity index (χ4n) is 1.22. The van der Waals surface area contributed by atoms with Gasteiger partial charge in [-0.25, -0.2) is 9.67 Å². The summed E-state index contributed by atoms with van der Waals surface area (Å²) >= 11 is 5.99. The molecule has 0 aliphatic heterocycles. The highest BCUT2D eigenvalue weighted by molar-refractivity contribution is 6.31. The van der Waals surface area contributed by atoms with Crippen molar-refractivity contribution in [1.82, 2.24) is 14.8 Å². The van der Waals surface area contributed by atoms with Crippen LogP contribution in [0.5, 0.6) is 0 Å². The van der Waals surface area contributed by atoms with Crippen LogP contribution in [0.2, 0.25) is 5.02 Å². The van der Waals surface area contributed by atoms with Crippen LogP contribution < -0.4 is 0 Å². The van der Waals surface area contributed by atoms with Crippen molar-refractivity contribution in [1.29, 1.82) is 5.26 Å². The zero-order chi connectivity index (χ0) is 10.7. The smallest absolute Gasteiger partial charge is 0.247 e.